The van der Waals surface area contributed by atoms with E-state index in [4.69, 9.17) is 17.3 Å². The van der Waals surface area contributed by atoms with Crippen molar-refractivity contribution in [2.45, 2.75) is 18.9 Å². The fourth-order valence-electron chi connectivity index (χ4n) is 1.68. The summed E-state index contributed by atoms with van der Waals surface area (Å²) in [6, 6.07) is 4.99. The third-order valence-electron chi connectivity index (χ3n) is 2.87. The second kappa shape index (κ2) is 5.38. The molecule has 1 amide bonds. The average molecular weight is 318 g/mol. The normalized spacial score (nSPS) is 16.8. The van der Waals surface area contributed by atoms with Gasteiger partial charge in [-0.2, -0.15) is 0 Å². The second-order valence-corrected chi connectivity index (χ2v) is 5.62. The number of hydrogen-bond donors (Lipinski definition) is 2. The molecule has 17 heavy (non-hydrogen) atoms. The molecule has 0 spiro atoms. The molecule has 1 atom stereocenters. The van der Waals surface area contributed by atoms with Gasteiger partial charge in [0.2, 0.25) is 5.91 Å². The van der Waals surface area contributed by atoms with Crippen molar-refractivity contribution in [3.8, 4) is 0 Å². The summed E-state index contributed by atoms with van der Waals surface area (Å²) in [5.41, 5.74) is 6.22. The number of nitrogens with one attached hydrogen (secondary N) is 1. The maximum absolute atomic E-state index is 11.4. The smallest absolute Gasteiger partial charge is 0.239 e. The Balaban J connectivity index is 2.12. The Hall–Kier alpha value is -0.580. The van der Waals surface area contributed by atoms with Crippen LogP contribution in [0.5, 0.6) is 0 Å². The number of hydrogen-bond acceptors (Lipinski definition) is 2. The Morgan fingerprint density at radius 1 is 1.59 bits per heavy atom. The van der Waals surface area contributed by atoms with Gasteiger partial charge >= 0.3 is 0 Å². The van der Waals surface area contributed by atoms with Gasteiger partial charge in [-0.3, -0.25) is 4.79 Å². The van der Waals surface area contributed by atoms with Crippen molar-refractivity contribution >= 4 is 33.4 Å². The summed E-state index contributed by atoms with van der Waals surface area (Å²) in [4.78, 5) is 11.4. The van der Waals surface area contributed by atoms with Crippen LogP contribution in [0, 0.1) is 5.92 Å². The van der Waals surface area contributed by atoms with Crippen LogP contribution in [0.2, 0.25) is 5.02 Å². The van der Waals surface area contributed by atoms with E-state index in [2.05, 4.69) is 21.2 Å². The highest BCUT2D eigenvalue weighted by Crippen LogP contribution is 2.30. The van der Waals surface area contributed by atoms with Crippen molar-refractivity contribution in [1.29, 1.82) is 0 Å². The lowest BCUT2D eigenvalue weighted by Crippen LogP contribution is -2.34. The van der Waals surface area contributed by atoms with Gasteiger partial charge in [0.25, 0.3) is 0 Å². The van der Waals surface area contributed by atoms with Gasteiger partial charge < -0.3 is 11.1 Å². The summed E-state index contributed by atoms with van der Waals surface area (Å²) in [5, 5.41) is 3.78. The van der Waals surface area contributed by atoms with Crippen LogP contribution in [-0.4, -0.2) is 12.5 Å². The summed E-state index contributed by atoms with van der Waals surface area (Å²) >= 11 is 9.33. The molecule has 1 fully saturated rings. The topological polar surface area (TPSA) is 55.1 Å². The Labute approximate surface area is 114 Å². The molecule has 0 saturated heterocycles. The Kier molecular flexibility index (Phi) is 4.07. The Morgan fingerprint density at radius 3 is 2.82 bits per heavy atom. The zero-order valence-corrected chi connectivity index (χ0v) is 11.6. The quantitative estimate of drug-likeness (QED) is 0.877. The van der Waals surface area contributed by atoms with Crippen LogP contribution in [-0.2, 0) is 4.79 Å². The Bertz CT molecular complexity index is 435. The molecule has 1 aliphatic rings. The molecule has 0 bridgehead atoms. The first-order chi connectivity index (χ1) is 8.08. The number of benzene rings is 1. The zero-order chi connectivity index (χ0) is 12.4. The molecule has 1 aromatic rings. The standard InChI is InChI=1S/C12H14BrClN2O/c13-9-4-3-8(5-10(9)14)11(12(15)17)16-6-7-1-2-7/h3-5,7,11,16H,1-2,6H2,(H2,15,17). The third kappa shape index (κ3) is 3.44. The molecule has 1 unspecified atom stereocenters. The lowest BCUT2D eigenvalue weighted by molar-refractivity contribution is -0.120. The second-order valence-electron chi connectivity index (χ2n) is 4.36. The van der Waals surface area contributed by atoms with Crippen LogP contribution in [0.4, 0.5) is 0 Å². The summed E-state index contributed by atoms with van der Waals surface area (Å²) in [7, 11) is 0. The lowest BCUT2D eigenvalue weighted by atomic mass is 10.1. The zero-order valence-electron chi connectivity index (χ0n) is 9.25. The van der Waals surface area contributed by atoms with Crippen LogP contribution in [0.25, 0.3) is 0 Å². The molecule has 0 radical (unpaired) electrons. The van der Waals surface area contributed by atoms with Gasteiger partial charge in [-0.15, -0.1) is 0 Å². The molecular formula is C12H14BrClN2O. The van der Waals surface area contributed by atoms with Crippen LogP contribution >= 0.6 is 27.5 Å². The molecule has 0 aliphatic heterocycles. The van der Waals surface area contributed by atoms with Gasteiger partial charge in [0.05, 0.1) is 5.02 Å². The lowest BCUT2D eigenvalue weighted by Gasteiger charge is -2.16. The summed E-state index contributed by atoms with van der Waals surface area (Å²) in [6.07, 6.45) is 2.47. The fourth-order valence-corrected chi connectivity index (χ4v) is 2.12. The monoisotopic (exact) mass is 316 g/mol. The van der Waals surface area contributed by atoms with Crippen molar-refractivity contribution in [3.05, 3.63) is 33.3 Å². The van der Waals surface area contributed by atoms with Crippen LogP contribution in [0.3, 0.4) is 0 Å². The minimum absolute atomic E-state index is 0.371. The molecule has 1 saturated carbocycles. The van der Waals surface area contributed by atoms with Crippen LogP contribution in [0.1, 0.15) is 24.4 Å². The van der Waals surface area contributed by atoms with E-state index in [9.17, 15) is 4.79 Å². The molecule has 92 valence electrons. The van der Waals surface area contributed by atoms with Crippen molar-refractivity contribution in [2.75, 3.05) is 6.54 Å². The van der Waals surface area contributed by atoms with Gasteiger partial charge in [-0.25, -0.2) is 0 Å². The number of rotatable bonds is 5. The largest absolute Gasteiger partial charge is 0.368 e. The summed E-state index contributed by atoms with van der Waals surface area (Å²) in [5.74, 6) is 0.326. The van der Waals surface area contributed by atoms with E-state index in [0.717, 1.165) is 16.6 Å². The molecule has 5 heteroatoms. The first-order valence-electron chi connectivity index (χ1n) is 5.55. The molecule has 0 aromatic heterocycles. The number of amides is 1. The summed E-state index contributed by atoms with van der Waals surface area (Å²) in [6.45, 7) is 0.835. The molecule has 3 nitrogen and oxygen atoms in total. The van der Waals surface area contributed by atoms with E-state index in [1.54, 1.807) is 6.07 Å². The molecule has 0 heterocycles. The highest BCUT2D eigenvalue weighted by molar-refractivity contribution is 9.10. The Morgan fingerprint density at radius 2 is 2.29 bits per heavy atom. The predicted molar refractivity (Wildman–Crippen MR) is 71.8 cm³/mol. The SMILES string of the molecule is NC(=O)C(NCC1CC1)c1ccc(Br)c(Cl)c1. The molecule has 2 rings (SSSR count). The van der Waals surface area contributed by atoms with E-state index in [1.165, 1.54) is 12.8 Å². The number of carbonyl (C=O) groups is 1. The third-order valence-corrected chi connectivity index (χ3v) is 4.10. The first-order valence-corrected chi connectivity index (χ1v) is 6.72. The van der Waals surface area contributed by atoms with Crippen molar-refractivity contribution < 1.29 is 4.79 Å². The van der Waals surface area contributed by atoms with Gasteiger partial charge in [0, 0.05) is 4.47 Å². The van der Waals surface area contributed by atoms with Crippen LogP contribution < -0.4 is 11.1 Å². The number of nitrogens with two attached hydrogens (primary N) is 1. The number of halogens is 2. The minimum Gasteiger partial charge on any atom is -0.368 e. The van der Waals surface area contributed by atoms with Crippen molar-refractivity contribution in [3.63, 3.8) is 0 Å². The van der Waals surface area contributed by atoms with Gasteiger partial charge in [-0.1, -0.05) is 17.7 Å². The molecule has 3 N–H and O–H groups in total. The maximum atomic E-state index is 11.4. The molecular weight excluding hydrogens is 304 g/mol. The van der Waals surface area contributed by atoms with E-state index in [0.29, 0.717) is 10.9 Å². The van der Waals surface area contributed by atoms with E-state index in [-0.39, 0.29) is 5.91 Å². The van der Waals surface area contributed by atoms with E-state index >= 15 is 0 Å². The number of carbonyl (C=O) groups excluding carboxylic acids is 1. The predicted octanol–water partition coefficient (Wildman–Crippen LogP) is 2.63. The van der Waals surface area contributed by atoms with Crippen molar-refractivity contribution in [2.24, 2.45) is 11.7 Å². The van der Waals surface area contributed by atoms with E-state index in [1.807, 2.05) is 12.1 Å². The van der Waals surface area contributed by atoms with Crippen molar-refractivity contribution in [1.82, 2.24) is 5.32 Å². The maximum Gasteiger partial charge on any atom is 0.239 e. The molecule has 1 aliphatic carbocycles. The van der Waals surface area contributed by atoms with Gasteiger partial charge in [-0.05, 0) is 58.9 Å². The summed E-state index contributed by atoms with van der Waals surface area (Å²) < 4.78 is 0.813. The molecule has 1 aromatic carbocycles. The highest BCUT2D eigenvalue weighted by Gasteiger charge is 2.25. The number of primary amides is 1. The van der Waals surface area contributed by atoms with E-state index < -0.39 is 6.04 Å². The highest BCUT2D eigenvalue weighted by atomic mass is 79.9. The van der Waals surface area contributed by atoms with Crippen LogP contribution in [0.15, 0.2) is 22.7 Å². The first kappa shape index (κ1) is 12.9. The minimum atomic E-state index is -0.457. The van der Waals surface area contributed by atoms with Gasteiger partial charge in [0.1, 0.15) is 6.04 Å². The average Bonchev–Trinajstić information content (AvgIpc) is 3.07. The van der Waals surface area contributed by atoms with Gasteiger partial charge in [0.15, 0.2) is 0 Å². The fraction of sp³-hybridized carbons (Fsp3) is 0.417.